The summed E-state index contributed by atoms with van der Waals surface area (Å²) in [6.07, 6.45) is -4.60. The molecular formula is C16H12Cl2F3N3O2S. The van der Waals surface area contributed by atoms with Gasteiger partial charge in [0.2, 0.25) is 0 Å². The van der Waals surface area contributed by atoms with Gasteiger partial charge in [-0.3, -0.25) is 0 Å². The smallest absolute Gasteiger partial charge is 0.330 e. The van der Waals surface area contributed by atoms with Crippen molar-refractivity contribution in [2.24, 2.45) is 5.73 Å². The molecule has 0 aliphatic heterocycles. The highest BCUT2D eigenvalue weighted by Gasteiger charge is 2.33. The summed E-state index contributed by atoms with van der Waals surface area (Å²) in [5.41, 5.74) is 4.79. The van der Waals surface area contributed by atoms with E-state index in [0.29, 0.717) is 6.07 Å². The molecule has 0 atom stereocenters. The summed E-state index contributed by atoms with van der Waals surface area (Å²) in [5.74, 6) is 0.0724. The normalized spacial score (nSPS) is 12.7. The van der Waals surface area contributed by atoms with Crippen LogP contribution < -0.4 is 5.73 Å². The maximum Gasteiger partial charge on any atom is 0.416 e. The second kappa shape index (κ2) is 6.97. The van der Waals surface area contributed by atoms with Crippen LogP contribution in [0.15, 0.2) is 41.3 Å². The van der Waals surface area contributed by atoms with Gasteiger partial charge in [-0.25, -0.2) is 17.4 Å². The standard InChI is InChI=1S/C16H12Cl2F3N3O2S/c17-11-7-13-14(8-12(11)18)24(15(23-13)4-5-22)27(25,26)10-3-1-2-9(6-10)16(19,20)21/h1-3,6-8H,4-5,22H2. The number of rotatable bonds is 4. The predicted octanol–water partition coefficient (Wildman–Crippen LogP) is 4.10. The van der Waals surface area contributed by atoms with Crippen molar-refractivity contribution in [3.8, 4) is 0 Å². The van der Waals surface area contributed by atoms with Crippen molar-refractivity contribution in [1.82, 2.24) is 8.96 Å². The molecule has 0 fully saturated rings. The number of imidazole rings is 1. The third kappa shape index (κ3) is 3.64. The molecule has 3 aromatic rings. The average molecular weight is 438 g/mol. The summed E-state index contributed by atoms with van der Waals surface area (Å²) in [7, 11) is -4.39. The van der Waals surface area contributed by atoms with E-state index in [9.17, 15) is 21.6 Å². The van der Waals surface area contributed by atoms with Gasteiger partial charge in [0.25, 0.3) is 10.0 Å². The van der Waals surface area contributed by atoms with Crippen molar-refractivity contribution < 1.29 is 21.6 Å². The van der Waals surface area contributed by atoms with Crippen LogP contribution in [0.2, 0.25) is 10.0 Å². The van der Waals surface area contributed by atoms with Crippen molar-refractivity contribution in [3.63, 3.8) is 0 Å². The molecule has 2 N–H and O–H groups in total. The van der Waals surface area contributed by atoms with Crippen LogP contribution in [0.4, 0.5) is 13.2 Å². The first-order chi connectivity index (χ1) is 12.6. The Kier molecular flexibility index (Phi) is 5.15. The fraction of sp³-hybridized carbons (Fsp3) is 0.188. The first-order valence-electron chi connectivity index (χ1n) is 7.55. The Bertz CT molecular complexity index is 1130. The third-order valence-corrected chi connectivity index (χ3v) is 6.25. The Morgan fingerprint density at radius 2 is 1.78 bits per heavy atom. The summed E-state index contributed by atoms with van der Waals surface area (Å²) in [4.78, 5) is 3.68. The van der Waals surface area contributed by atoms with Crippen molar-refractivity contribution in [1.29, 1.82) is 0 Å². The van der Waals surface area contributed by atoms with Crippen molar-refractivity contribution in [3.05, 3.63) is 57.8 Å². The topological polar surface area (TPSA) is 78.0 Å². The molecule has 0 spiro atoms. The van der Waals surface area contributed by atoms with Crippen molar-refractivity contribution in [2.75, 3.05) is 6.54 Å². The van der Waals surface area contributed by atoms with Gasteiger partial charge in [-0.15, -0.1) is 0 Å². The maximum absolute atomic E-state index is 13.1. The molecule has 5 nitrogen and oxygen atoms in total. The van der Waals surface area contributed by atoms with Crippen LogP contribution in [-0.2, 0) is 22.6 Å². The molecule has 0 saturated carbocycles. The third-order valence-electron chi connectivity index (χ3n) is 3.79. The molecule has 0 aliphatic rings. The Morgan fingerprint density at radius 3 is 2.41 bits per heavy atom. The highest BCUT2D eigenvalue weighted by atomic mass is 35.5. The van der Waals surface area contributed by atoms with Gasteiger partial charge in [-0.1, -0.05) is 29.3 Å². The number of hydrogen-bond donors (Lipinski definition) is 1. The number of nitrogens with two attached hydrogens (primary N) is 1. The van der Waals surface area contributed by atoms with Crippen molar-refractivity contribution >= 4 is 44.3 Å². The molecule has 11 heteroatoms. The lowest BCUT2D eigenvalue weighted by Gasteiger charge is -2.13. The summed E-state index contributed by atoms with van der Waals surface area (Å²) in [5, 5.41) is 0.258. The van der Waals surface area contributed by atoms with E-state index in [1.807, 2.05) is 0 Å². The molecule has 144 valence electrons. The van der Waals surface area contributed by atoms with Gasteiger partial charge in [0, 0.05) is 6.42 Å². The van der Waals surface area contributed by atoms with Gasteiger partial charge in [0.1, 0.15) is 5.82 Å². The average Bonchev–Trinajstić information content (AvgIpc) is 2.92. The van der Waals surface area contributed by atoms with E-state index in [2.05, 4.69) is 4.98 Å². The summed E-state index contributed by atoms with van der Waals surface area (Å²) in [6.45, 7) is 0.0862. The van der Waals surface area contributed by atoms with Crippen LogP contribution in [0.3, 0.4) is 0 Å². The van der Waals surface area contributed by atoms with E-state index in [1.165, 1.54) is 12.1 Å². The molecule has 2 aromatic carbocycles. The van der Waals surface area contributed by atoms with E-state index in [1.54, 1.807) is 0 Å². The van der Waals surface area contributed by atoms with Gasteiger partial charge < -0.3 is 5.73 Å². The highest BCUT2D eigenvalue weighted by Crippen LogP contribution is 2.33. The summed E-state index contributed by atoms with van der Waals surface area (Å²) < 4.78 is 66.1. The Labute approximate surface area is 162 Å². The minimum absolute atomic E-state index is 0.0724. The molecule has 0 saturated heterocycles. The molecule has 0 aliphatic carbocycles. The molecule has 0 unspecified atom stereocenters. The molecular weight excluding hydrogens is 426 g/mol. The van der Waals surface area contributed by atoms with Crippen LogP contribution in [0.25, 0.3) is 11.0 Å². The maximum atomic E-state index is 13.1. The van der Waals surface area contributed by atoms with E-state index in [0.717, 1.165) is 22.2 Å². The summed E-state index contributed by atoms with van der Waals surface area (Å²) >= 11 is 11.9. The molecule has 1 aromatic heterocycles. The Balaban J connectivity index is 2.30. The van der Waals surface area contributed by atoms with Crippen LogP contribution in [0, 0.1) is 0 Å². The number of hydrogen-bond acceptors (Lipinski definition) is 4. The van der Waals surface area contributed by atoms with Crippen LogP contribution >= 0.6 is 23.2 Å². The van der Waals surface area contributed by atoms with E-state index in [4.69, 9.17) is 28.9 Å². The highest BCUT2D eigenvalue weighted by molar-refractivity contribution is 7.90. The van der Waals surface area contributed by atoms with Crippen LogP contribution in [0.1, 0.15) is 11.4 Å². The van der Waals surface area contributed by atoms with Gasteiger partial charge in [0.05, 0.1) is 31.5 Å². The molecule has 0 bridgehead atoms. The lowest BCUT2D eigenvalue weighted by Crippen LogP contribution is -2.19. The lowest BCUT2D eigenvalue weighted by molar-refractivity contribution is -0.137. The molecule has 1 heterocycles. The minimum Gasteiger partial charge on any atom is -0.330 e. The molecule has 3 rings (SSSR count). The lowest BCUT2D eigenvalue weighted by atomic mass is 10.2. The van der Waals surface area contributed by atoms with E-state index in [-0.39, 0.29) is 39.9 Å². The van der Waals surface area contributed by atoms with E-state index >= 15 is 0 Å². The zero-order chi connectivity index (χ0) is 20.0. The Morgan fingerprint density at radius 1 is 1.11 bits per heavy atom. The number of halogens is 5. The van der Waals surface area contributed by atoms with E-state index < -0.39 is 26.7 Å². The number of fused-ring (bicyclic) bond motifs is 1. The monoisotopic (exact) mass is 437 g/mol. The number of nitrogens with zero attached hydrogens (tertiary/aromatic N) is 2. The second-order valence-corrected chi connectivity index (χ2v) is 8.22. The SMILES string of the molecule is NCCc1nc2cc(Cl)c(Cl)cc2n1S(=O)(=O)c1cccc(C(F)(F)F)c1. The first kappa shape index (κ1) is 19.9. The Hall–Kier alpha value is -1.81. The zero-order valence-corrected chi connectivity index (χ0v) is 15.8. The quantitative estimate of drug-likeness (QED) is 0.666. The number of aromatic nitrogens is 2. The predicted molar refractivity (Wildman–Crippen MR) is 96.5 cm³/mol. The van der Waals surface area contributed by atoms with Gasteiger partial charge in [-0.05, 0) is 36.9 Å². The van der Waals surface area contributed by atoms with Gasteiger partial charge in [0.15, 0.2) is 0 Å². The zero-order valence-electron chi connectivity index (χ0n) is 13.5. The minimum atomic E-state index is -4.68. The van der Waals surface area contributed by atoms with Gasteiger partial charge in [-0.2, -0.15) is 13.2 Å². The van der Waals surface area contributed by atoms with Crippen LogP contribution in [0.5, 0.6) is 0 Å². The van der Waals surface area contributed by atoms with Crippen molar-refractivity contribution in [2.45, 2.75) is 17.5 Å². The van der Waals surface area contributed by atoms with Crippen LogP contribution in [-0.4, -0.2) is 23.9 Å². The number of alkyl halides is 3. The van der Waals surface area contributed by atoms with Gasteiger partial charge >= 0.3 is 6.18 Å². The molecule has 27 heavy (non-hydrogen) atoms. The second-order valence-electron chi connectivity index (χ2n) is 5.62. The fourth-order valence-corrected chi connectivity index (χ4v) is 4.46. The first-order valence-corrected chi connectivity index (χ1v) is 9.74. The molecule has 0 radical (unpaired) electrons. The fourth-order valence-electron chi connectivity index (χ4n) is 2.59. The number of benzene rings is 2. The molecule has 0 amide bonds. The largest absolute Gasteiger partial charge is 0.416 e. The summed E-state index contributed by atoms with van der Waals surface area (Å²) in [6, 6.07) is 6.17.